The first-order valence-corrected chi connectivity index (χ1v) is 7.62. The average molecular weight is 325 g/mol. The molecule has 0 radical (unpaired) electrons. The molecule has 0 aliphatic heterocycles. The minimum absolute atomic E-state index is 0.0980. The SMILES string of the molecule is COCCNc1nccn2c(-c3cccc(NC(C)=O)c3)cnc12. The van der Waals surface area contributed by atoms with E-state index in [1.54, 1.807) is 19.5 Å². The second-order valence-corrected chi connectivity index (χ2v) is 5.29. The highest BCUT2D eigenvalue weighted by Crippen LogP contribution is 2.25. The normalized spacial score (nSPS) is 10.8. The summed E-state index contributed by atoms with van der Waals surface area (Å²) in [5.41, 5.74) is 3.38. The quantitative estimate of drug-likeness (QED) is 0.680. The summed E-state index contributed by atoms with van der Waals surface area (Å²) in [5, 5.41) is 6.01. The highest BCUT2D eigenvalue weighted by Gasteiger charge is 2.10. The van der Waals surface area contributed by atoms with E-state index in [2.05, 4.69) is 20.6 Å². The molecule has 124 valence electrons. The predicted octanol–water partition coefficient (Wildman–Crippen LogP) is 2.41. The summed E-state index contributed by atoms with van der Waals surface area (Å²) in [7, 11) is 1.66. The van der Waals surface area contributed by atoms with Gasteiger partial charge in [-0.3, -0.25) is 9.20 Å². The molecule has 7 nitrogen and oxygen atoms in total. The average Bonchev–Trinajstić information content (AvgIpc) is 2.99. The van der Waals surface area contributed by atoms with Crippen LogP contribution in [0.3, 0.4) is 0 Å². The number of fused-ring (bicyclic) bond motifs is 1. The molecule has 1 amide bonds. The summed E-state index contributed by atoms with van der Waals surface area (Å²) in [6, 6.07) is 7.66. The van der Waals surface area contributed by atoms with Crippen molar-refractivity contribution in [2.45, 2.75) is 6.92 Å². The van der Waals surface area contributed by atoms with Crippen LogP contribution < -0.4 is 10.6 Å². The van der Waals surface area contributed by atoms with Gasteiger partial charge in [-0.25, -0.2) is 9.97 Å². The molecule has 0 bridgehead atoms. The van der Waals surface area contributed by atoms with Crippen LogP contribution in [0.2, 0.25) is 0 Å². The van der Waals surface area contributed by atoms with Crippen molar-refractivity contribution in [3.63, 3.8) is 0 Å². The van der Waals surface area contributed by atoms with Gasteiger partial charge in [-0.2, -0.15) is 0 Å². The largest absolute Gasteiger partial charge is 0.383 e. The Morgan fingerprint density at radius 3 is 3.00 bits per heavy atom. The van der Waals surface area contributed by atoms with Gasteiger partial charge < -0.3 is 15.4 Å². The molecule has 2 aromatic heterocycles. The lowest BCUT2D eigenvalue weighted by Crippen LogP contribution is -2.10. The van der Waals surface area contributed by atoms with E-state index in [-0.39, 0.29) is 5.91 Å². The van der Waals surface area contributed by atoms with E-state index in [0.29, 0.717) is 19.0 Å². The molecule has 0 spiro atoms. The van der Waals surface area contributed by atoms with Gasteiger partial charge in [-0.1, -0.05) is 12.1 Å². The fraction of sp³-hybridized carbons (Fsp3) is 0.235. The number of rotatable bonds is 6. The molecule has 3 rings (SSSR count). The number of methoxy groups -OCH3 is 1. The first-order chi connectivity index (χ1) is 11.7. The highest BCUT2D eigenvalue weighted by atomic mass is 16.5. The zero-order chi connectivity index (χ0) is 16.9. The van der Waals surface area contributed by atoms with Gasteiger partial charge in [0.05, 0.1) is 18.5 Å². The van der Waals surface area contributed by atoms with Crippen LogP contribution in [-0.4, -0.2) is 40.5 Å². The van der Waals surface area contributed by atoms with Crippen LogP contribution >= 0.6 is 0 Å². The molecular weight excluding hydrogens is 306 g/mol. The van der Waals surface area contributed by atoms with E-state index in [4.69, 9.17) is 4.74 Å². The monoisotopic (exact) mass is 325 g/mol. The van der Waals surface area contributed by atoms with Crippen molar-refractivity contribution in [2.75, 3.05) is 30.9 Å². The number of amides is 1. The maximum Gasteiger partial charge on any atom is 0.221 e. The van der Waals surface area contributed by atoms with Crippen LogP contribution in [0.1, 0.15) is 6.92 Å². The van der Waals surface area contributed by atoms with Gasteiger partial charge in [0.2, 0.25) is 5.91 Å². The number of aromatic nitrogens is 3. The van der Waals surface area contributed by atoms with Crippen LogP contribution in [-0.2, 0) is 9.53 Å². The van der Waals surface area contributed by atoms with Gasteiger partial charge in [-0.05, 0) is 12.1 Å². The fourth-order valence-electron chi connectivity index (χ4n) is 2.49. The minimum atomic E-state index is -0.0980. The topological polar surface area (TPSA) is 80.5 Å². The third-order valence-electron chi connectivity index (χ3n) is 3.51. The van der Waals surface area contributed by atoms with Crippen LogP contribution in [0.4, 0.5) is 11.5 Å². The maximum absolute atomic E-state index is 11.2. The Morgan fingerprint density at radius 2 is 2.21 bits per heavy atom. The lowest BCUT2D eigenvalue weighted by atomic mass is 10.1. The number of nitrogens with one attached hydrogen (secondary N) is 2. The van der Waals surface area contributed by atoms with Crippen molar-refractivity contribution in [3.8, 4) is 11.3 Å². The molecule has 24 heavy (non-hydrogen) atoms. The maximum atomic E-state index is 11.2. The molecule has 0 aliphatic carbocycles. The van der Waals surface area contributed by atoms with E-state index in [1.807, 2.05) is 34.9 Å². The standard InChI is InChI=1S/C17H19N5O2/c1-12(23)21-14-5-3-4-13(10-14)15-11-20-17-16(19-7-9-24-2)18-6-8-22(15)17/h3-6,8,10-11H,7,9H2,1-2H3,(H,18,19)(H,21,23). The number of carbonyl (C=O) groups excluding carboxylic acids is 1. The highest BCUT2D eigenvalue weighted by molar-refractivity contribution is 5.89. The molecule has 1 aromatic carbocycles. The van der Waals surface area contributed by atoms with Crippen LogP contribution in [0.25, 0.3) is 16.9 Å². The number of anilines is 2. The summed E-state index contributed by atoms with van der Waals surface area (Å²) in [4.78, 5) is 20.0. The fourth-order valence-corrected chi connectivity index (χ4v) is 2.49. The number of carbonyl (C=O) groups is 1. The third-order valence-corrected chi connectivity index (χ3v) is 3.51. The van der Waals surface area contributed by atoms with Crippen LogP contribution in [0.15, 0.2) is 42.9 Å². The molecule has 0 saturated carbocycles. The Balaban J connectivity index is 1.96. The van der Waals surface area contributed by atoms with Gasteiger partial charge in [0.25, 0.3) is 0 Å². The van der Waals surface area contributed by atoms with E-state index in [1.165, 1.54) is 6.92 Å². The zero-order valence-electron chi connectivity index (χ0n) is 13.6. The first-order valence-electron chi connectivity index (χ1n) is 7.62. The minimum Gasteiger partial charge on any atom is -0.383 e. The van der Waals surface area contributed by atoms with Crippen molar-refractivity contribution < 1.29 is 9.53 Å². The number of nitrogens with zero attached hydrogens (tertiary/aromatic N) is 3. The number of hydrogen-bond donors (Lipinski definition) is 2. The molecule has 0 aliphatic rings. The van der Waals surface area contributed by atoms with Crippen molar-refractivity contribution in [1.29, 1.82) is 0 Å². The molecule has 2 N–H and O–H groups in total. The Labute approximate surface area is 139 Å². The number of ether oxygens (including phenoxy) is 1. The Hall–Kier alpha value is -2.93. The molecule has 0 atom stereocenters. The summed E-state index contributed by atoms with van der Waals surface area (Å²) in [6.45, 7) is 2.74. The summed E-state index contributed by atoms with van der Waals surface area (Å²) >= 11 is 0. The summed E-state index contributed by atoms with van der Waals surface area (Å²) < 4.78 is 7.01. The van der Waals surface area contributed by atoms with E-state index >= 15 is 0 Å². The van der Waals surface area contributed by atoms with Crippen molar-refractivity contribution in [3.05, 3.63) is 42.9 Å². The molecule has 0 saturated heterocycles. The van der Waals surface area contributed by atoms with Gasteiger partial charge in [0.1, 0.15) is 0 Å². The van der Waals surface area contributed by atoms with E-state index in [0.717, 1.165) is 22.6 Å². The molecule has 3 aromatic rings. The molecule has 7 heteroatoms. The molecule has 0 unspecified atom stereocenters. The van der Waals surface area contributed by atoms with E-state index < -0.39 is 0 Å². The van der Waals surface area contributed by atoms with Crippen molar-refractivity contribution in [2.24, 2.45) is 0 Å². The first kappa shape index (κ1) is 15.9. The number of imidazole rings is 1. The predicted molar refractivity (Wildman–Crippen MR) is 93.1 cm³/mol. The Bertz CT molecular complexity index is 859. The van der Waals surface area contributed by atoms with Crippen molar-refractivity contribution >= 4 is 23.1 Å². The van der Waals surface area contributed by atoms with Crippen LogP contribution in [0, 0.1) is 0 Å². The Kier molecular flexibility index (Phi) is 4.72. The lowest BCUT2D eigenvalue weighted by Gasteiger charge is -2.08. The Morgan fingerprint density at radius 1 is 1.33 bits per heavy atom. The number of hydrogen-bond acceptors (Lipinski definition) is 5. The molecule has 2 heterocycles. The van der Waals surface area contributed by atoms with Gasteiger partial charge in [0, 0.05) is 44.2 Å². The summed E-state index contributed by atoms with van der Waals surface area (Å²) in [6.07, 6.45) is 5.39. The second kappa shape index (κ2) is 7.10. The van der Waals surface area contributed by atoms with Crippen molar-refractivity contribution in [1.82, 2.24) is 14.4 Å². The summed E-state index contributed by atoms with van der Waals surface area (Å²) in [5.74, 6) is 0.609. The molecule has 0 fully saturated rings. The number of benzene rings is 1. The van der Waals surface area contributed by atoms with Gasteiger partial charge in [-0.15, -0.1) is 0 Å². The van der Waals surface area contributed by atoms with Gasteiger partial charge in [0.15, 0.2) is 11.5 Å². The smallest absolute Gasteiger partial charge is 0.221 e. The second-order valence-electron chi connectivity index (χ2n) is 5.29. The van der Waals surface area contributed by atoms with Gasteiger partial charge >= 0.3 is 0 Å². The van der Waals surface area contributed by atoms with Crippen LogP contribution in [0.5, 0.6) is 0 Å². The lowest BCUT2D eigenvalue weighted by molar-refractivity contribution is -0.114. The zero-order valence-corrected chi connectivity index (χ0v) is 13.6. The molecular formula is C17H19N5O2. The van der Waals surface area contributed by atoms with E-state index in [9.17, 15) is 4.79 Å². The third kappa shape index (κ3) is 3.36.